The van der Waals surface area contributed by atoms with Crippen molar-refractivity contribution in [2.24, 2.45) is 0 Å². The van der Waals surface area contributed by atoms with E-state index in [1.165, 1.54) is 36.2 Å². The lowest BCUT2D eigenvalue weighted by molar-refractivity contribution is -0.141. The topological polar surface area (TPSA) is 86.8 Å². The molecule has 7 nitrogen and oxygen atoms in total. The summed E-state index contributed by atoms with van der Waals surface area (Å²) in [5.41, 5.74) is 1.40. The summed E-state index contributed by atoms with van der Waals surface area (Å²) in [6.45, 7) is 8.92. The fraction of sp³-hybridized carbons (Fsp3) is 0.417. The van der Waals surface area contributed by atoms with Crippen molar-refractivity contribution in [1.29, 1.82) is 0 Å². The molecule has 0 spiro atoms. The number of nitrogens with zero attached hydrogens (tertiary/aromatic N) is 2. The molecule has 0 radical (unpaired) electrons. The van der Waals surface area contributed by atoms with Crippen molar-refractivity contribution < 1.29 is 18.0 Å². The number of carbonyl (C=O) groups is 2. The molecule has 9 heteroatoms. The Hall–Kier alpha value is -2.42. The molecule has 2 amide bonds. The molecule has 0 aliphatic carbocycles. The molecule has 2 aromatic carbocycles. The second-order valence-electron chi connectivity index (χ2n) is 9.14. The van der Waals surface area contributed by atoms with Crippen LogP contribution in [0, 0.1) is 6.92 Å². The Balaban J connectivity index is 2.29. The predicted molar refractivity (Wildman–Crippen MR) is 130 cm³/mol. The summed E-state index contributed by atoms with van der Waals surface area (Å²) < 4.78 is 26.8. The molecule has 0 bridgehead atoms. The van der Waals surface area contributed by atoms with Crippen LogP contribution in [0.25, 0.3) is 0 Å². The number of sulfonamides is 1. The van der Waals surface area contributed by atoms with Gasteiger partial charge in [0.15, 0.2) is 0 Å². The Labute approximate surface area is 201 Å². The van der Waals surface area contributed by atoms with Crippen molar-refractivity contribution in [3.63, 3.8) is 0 Å². The van der Waals surface area contributed by atoms with Gasteiger partial charge in [-0.25, -0.2) is 8.42 Å². The fourth-order valence-electron chi connectivity index (χ4n) is 3.22. The summed E-state index contributed by atoms with van der Waals surface area (Å²) in [7, 11) is -2.57. The molecule has 0 saturated carbocycles. The lowest BCUT2D eigenvalue weighted by Crippen LogP contribution is -2.54. The Kier molecular flexibility index (Phi) is 8.68. The number of rotatable bonds is 8. The van der Waals surface area contributed by atoms with Crippen LogP contribution in [0.1, 0.15) is 38.8 Å². The minimum Gasteiger partial charge on any atom is -0.350 e. The fourth-order valence-corrected chi connectivity index (χ4v) is 4.46. The van der Waals surface area contributed by atoms with E-state index in [-0.39, 0.29) is 17.3 Å². The van der Waals surface area contributed by atoms with Crippen molar-refractivity contribution in [2.75, 3.05) is 13.6 Å². The van der Waals surface area contributed by atoms with Gasteiger partial charge in [0.2, 0.25) is 21.8 Å². The molecule has 33 heavy (non-hydrogen) atoms. The average Bonchev–Trinajstić information content (AvgIpc) is 2.70. The predicted octanol–water partition coefficient (Wildman–Crippen LogP) is 3.60. The van der Waals surface area contributed by atoms with Gasteiger partial charge in [-0.3, -0.25) is 9.59 Å². The van der Waals surface area contributed by atoms with E-state index in [0.29, 0.717) is 5.02 Å². The molecule has 0 aliphatic rings. The summed E-state index contributed by atoms with van der Waals surface area (Å²) >= 11 is 5.86. The maximum Gasteiger partial charge on any atom is 0.243 e. The molecule has 0 heterocycles. The van der Waals surface area contributed by atoms with Gasteiger partial charge < -0.3 is 10.2 Å². The Morgan fingerprint density at radius 1 is 1.09 bits per heavy atom. The molecule has 1 N–H and O–H groups in total. The van der Waals surface area contributed by atoms with Crippen molar-refractivity contribution in [3.8, 4) is 0 Å². The van der Waals surface area contributed by atoms with Crippen LogP contribution in [0.4, 0.5) is 0 Å². The third-order valence-electron chi connectivity index (χ3n) is 4.98. The molecule has 180 valence electrons. The Morgan fingerprint density at radius 2 is 1.70 bits per heavy atom. The second kappa shape index (κ2) is 10.7. The number of amides is 2. The van der Waals surface area contributed by atoms with Crippen LogP contribution in [0.3, 0.4) is 0 Å². The third kappa shape index (κ3) is 7.55. The van der Waals surface area contributed by atoms with Crippen LogP contribution in [0.2, 0.25) is 5.02 Å². The highest BCUT2D eigenvalue weighted by atomic mass is 35.5. The number of likely N-dealkylation sites (N-methyl/N-ethyl adjacent to an activating group) is 1. The van der Waals surface area contributed by atoms with Crippen LogP contribution in [0.15, 0.2) is 53.4 Å². The van der Waals surface area contributed by atoms with Crippen LogP contribution < -0.4 is 5.32 Å². The standard InChI is InChI=1S/C24H32ClN3O4S/c1-17-8-7-9-19(14-17)15-28(18(2)23(30)26-24(3,4)5)22(29)16-27(6)33(31,32)21-12-10-20(25)11-13-21/h7-14,18H,15-16H2,1-6H3,(H,26,30). The average molecular weight is 494 g/mol. The molecule has 0 aliphatic heterocycles. The summed E-state index contributed by atoms with van der Waals surface area (Å²) in [6, 6.07) is 12.6. The first-order valence-corrected chi connectivity index (χ1v) is 12.4. The van der Waals surface area contributed by atoms with E-state index in [1.807, 2.05) is 52.0 Å². The molecule has 0 saturated heterocycles. The monoisotopic (exact) mass is 493 g/mol. The normalized spacial score (nSPS) is 13.0. The summed E-state index contributed by atoms with van der Waals surface area (Å²) in [5.74, 6) is -0.792. The van der Waals surface area contributed by atoms with Gasteiger partial charge >= 0.3 is 0 Å². The highest BCUT2D eigenvalue weighted by Crippen LogP contribution is 2.19. The summed E-state index contributed by atoms with van der Waals surface area (Å²) in [4.78, 5) is 27.6. The van der Waals surface area contributed by atoms with Gasteiger partial charge in [-0.15, -0.1) is 0 Å². The molecule has 1 unspecified atom stereocenters. The number of carbonyl (C=O) groups excluding carboxylic acids is 2. The lowest BCUT2D eigenvalue weighted by Gasteiger charge is -2.32. The van der Waals surface area contributed by atoms with Crippen molar-refractivity contribution in [2.45, 2.75) is 57.6 Å². The van der Waals surface area contributed by atoms with Gasteiger partial charge in [0.05, 0.1) is 11.4 Å². The maximum absolute atomic E-state index is 13.3. The first-order chi connectivity index (χ1) is 15.2. The third-order valence-corrected chi connectivity index (χ3v) is 7.05. The number of aryl methyl sites for hydroxylation is 1. The van der Waals surface area contributed by atoms with Crippen LogP contribution in [-0.2, 0) is 26.2 Å². The number of benzene rings is 2. The number of halogens is 1. The molecular weight excluding hydrogens is 462 g/mol. The van der Waals surface area contributed by atoms with Gasteiger partial charge in [-0.05, 0) is 64.4 Å². The van der Waals surface area contributed by atoms with Gasteiger partial charge in [-0.1, -0.05) is 41.4 Å². The molecular formula is C24H32ClN3O4S. The second-order valence-corrected chi connectivity index (χ2v) is 11.6. The zero-order valence-electron chi connectivity index (χ0n) is 19.9. The molecule has 0 fully saturated rings. The van der Waals surface area contributed by atoms with Crippen molar-refractivity contribution in [3.05, 3.63) is 64.7 Å². The SMILES string of the molecule is Cc1cccc(CN(C(=O)CN(C)S(=O)(=O)c2ccc(Cl)cc2)C(C)C(=O)NC(C)(C)C)c1. The van der Waals surface area contributed by atoms with Gasteiger partial charge in [0, 0.05) is 24.2 Å². The van der Waals surface area contributed by atoms with E-state index in [2.05, 4.69) is 5.32 Å². The van der Waals surface area contributed by atoms with Crippen LogP contribution in [-0.4, -0.2) is 54.6 Å². The quantitative estimate of drug-likeness (QED) is 0.608. The van der Waals surface area contributed by atoms with E-state index < -0.39 is 34.1 Å². The van der Waals surface area contributed by atoms with Crippen LogP contribution in [0.5, 0.6) is 0 Å². The highest BCUT2D eigenvalue weighted by Gasteiger charge is 2.31. The van der Waals surface area contributed by atoms with Gasteiger partial charge in [-0.2, -0.15) is 4.31 Å². The maximum atomic E-state index is 13.3. The van der Waals surface area contributed by atoms with Gasteiger partial charge in [0.1, 0.15) is 6.04 Å². The highest BCUT2D eigenvalue weighted by molar-refractivity contribution is 7.89. The first kappa shape index (κ1) is 26.8. The summed E-state index contributed by atoms with van der Waals surface area (Å²) in [6.07, 6.45) is 0. The minimum absolute atomic E-state index is 0.0333. The van der Waals surface area contributed by atoms with E-state index in [1.54, 1.807) is 6.92 Å². The van der Waals surface area contributed by atoms with Gasteiger partial charge in [0.25, 0.3) is 0 Å². The largest absolute Gasteiger partial charge is 0.350 e. The Morgan fingerprint density at radius 3 is 2.24 bits per heavy atom. The minimum atomic E-state index is -3.91. The summed E-state index contributed by atoms with van der Waals surface area (Å²) in [5, 5.41) is 3.30. The number of hydrogen-bond acceptors (Lipinski definition) is 4. The van der Waals surface area contributed by atoms with E-state index in [0.717, 1.165) is 15.4 Å². The van der Waals surface area contributed by atoms with Crippen molar-refractivity contribution >= 4 is 33.4 Å². The first-order valence-electron chi connectivity index (χ1n) is 10.6. The van der Waals surface area contributed by atoms with E-state index in [4.69, 9.17) is 11.6 Å². The zero-order valence-corrected chi connectivity index (χ0v) is 21.5. The smallest absolute Gasteiger partial charge is 0.243 e. The molecule has 2 rings (SSSR count). The van der Waals surface area contributed by atoms with Crippen LogP contribution >= 0.6 is 11.6 Å². The number of hydrogen-bond donors (Lipinski definition) is 1. The number of nitrogens with one attached hydrogen (secondary N) is 1. The van der Waals surface area contributed by atoms with E-state index >= 15 is 0 Å². The van der Waals surface area contributed by atoms with E-state index in [9.17, 15) is 18.0 Å². The molecule has 0 aromatic heterocycles. The molecule has 2 aromatic rings. The lowest BCUT2D eigenvalue weighted by atomic mass is 10.1. The zero-order chi connectivity index (χ0) is 25.0. The molecule has 1 atom stereocenters. The van der Waals surface area contributed by atoms with Crippen molar-refractivity contribution in [1.82, 2.24) is 14.5 Å². The Bertz CT molecular complexity index is 1100.